The van der Waals surface area contributed by atoms with Crippen LogP contribution in [0.5, 0.6) is 0 Å². The van der Waals surface area contributed by atoms with E-state index < -0.39 is 64.9 Å². The number of ether oxygens (including phenoxy) is 1. The lowest BCUT2D eigenvalue weighted by molar-refractivity contribution is -0.118. The van der Waals surface area contributed by atoms with Crippen molar-refractivity contribution in [2.24, 2.45) is 5.73 Å². The van der Waals surface area contributed by atoms with E-state index in [0.717, 1.165) is 22.3 Å². The summed E-state index contributed by atoms with van der Waals surface area (Å²) in [6.07, 6.45) is -2.25. The minimum absolute atomic E-state index is 0.208. The number of benzene rings is 3. The molecule has 11 heteroatoms. The third kappa shape index (κ3) is 4.39. The molecule has 186 valence electrons. The molecule has 3 aromatic rings. The van der Waals surface area contributed by atoms with E-state index in [1.54, 1.807) is 0 Å². The van der Waals surface area contributed by atoms with E-state index in [2.05, 4.69) is 0 Å². The van der Waals surface area contributed by atoms with Gasteiger partial charge in [0, 0.05) is 5.92 Å². The van der Waals surface area contributed by atoms with Crippen molar-refractivity contribution in [1.29, 1.82) is 0 Å². The number of carbonyl (C=O) groups excluding carboxylic acids is 3. The predicted molar refractivity (Wildman–Crippen MR) is 116 cm³/mol. The number of primary amides is 1. The number of halogens is 5. The van der Waals surface area contributed by atoms with Gasteiger partial charge in [-0.25, -0.2) is 26.7 Å². The summed E-state index contributed by atoms with van der Waals surface area (Å²) >= 11 is 0. The summed E-state index contributed by atoms with van der Waals surface area (Å²) in [5.74, 6) is -15.3. The minimum atomic E-state index is -2.46. The predicted octanol–water partition coefficient (Wildman–Crippen LogP) is 4.35. The fourth-order valence-electron chi connectivity index (χ4n) is 4.19. The number of carbonyl (C=O) groups is 3. The van der Waals surface area contributed by atoms with Crippen molar-refractivity contribution in [3.8, 4) is 11.1 Å². The Hall–Kier alpha value is -4.28. The first-order valence-corrected chi connectivity index (χ1v) is 10.6. The summed E-state index contributed by atoms with van der Waals surface area (Å²) < 4.78 is 73.9. The van der Waals surface area contributed by atoms with Gasteiger partial charge in [0.25, 0.3) is 0 Å². The van der Waals surface area contributed by atoms with Crippen LogP contribution in [-0.4, -0.2) is 30.4 Å². The van der Waals surface area contributed by atoms with Gasteiger partial charge in [0.15, 0.2) is 29.1 Å². The zero-order chi connectivity index (χ0) is 26.1. The van der Waals surface area contributed by atoms with E-state index in [4.69, 9.17) is 10.5 Å². The van der Waals surface area contributed by atoms with Gasteiger partial charge < -0.3 is 15.8 Å². The molecule has 0 aromatic heterocycles. The molecule has 3 N–H and O–H groups in total. The smallest absolute Gasteiger partial charge is 0.407 e. The monoisotopic (exact) mass is 504 g/mol. The SMILES string of the molecule is NC(=O)C[C@H](NC(=O)OCC1c2ccccc2-c2ccccc21)C(=O)c1c(F)c(F)c(F)c(F)c1F. The van der Waals surface area contributed by atoms with Crippen molar-refractivity contribution in [3.05, 3.63) is 94.3 Å². The standard InChI is InChI=1S/C25H17F5N2O4/c26-19-18(20(27)22(29)23(30)21(19)28)24(34)16(9-17(31)33)32-25(35)36-10-15-13-7-3-1-5-11(13)12-6-2-4-8-14(12)15/h1-8,15-16H,9-10H2,(H2,31,33)(H,32,35)/t16-/m0/s1. The van der Waals surface area contributed by atoms with E-state index in [-0.39, 0.29) is 12.5 Å². The highest BCUT2D eigenvalue weighted by molar-refractivity contribution is 6.04. The van der Waals surface area contributed by atoms with Crippen LogP contribution >= 0.6 is 0 Å². The molecule has 0 radical (unpaired) electrons. The number of hydrogen-bond acceptors (Lipinski definition) is 4. The van der Waals surface area contributed by atoms with E-state index in [1.165, 1.54) is 0 Å². The van der Waals surface area contributed by atoms with Crippen LogP contribution in [0.3, 0.4) is 0 Å². The average molecular weight is 504 g/mol. The Bertz CT molecular complexity index is 1320. The van der Waals surface area contributed by atoms with Gasteiger partial charge in [-0.1, -0.05) is 48.5 Å². The van der Waals surface area contributed by atoms with Crippen LogP contribution in [0.1, 0.15) is 33.8 Å². The molecule has 1 aliphatic carbocycles. The van der Waals surface area contributed by atoms with Gasteiger partial charge in [0.2, 0.25) is 11.7 Å². The summed E-state index contributed by atoms with van der Waals surface area (Å²) in [4.78, 5) is 36.5. The molecule has 0 bridgehead atoms. The number of fused-ring (bicyclic) bond motifs is 3. The number of Topliss-reactive ketones (excluding diaryl/α,β-unsaturated/α-hetero) is 1. The average Bonchev–Trinajstić information content (AvgIpc) is 3.18. The van der Waals surface area contributed by atoms with E-state index >= 15 is 0 Å². The van der Waals surface area contributed by atoms with E-state index in [0.29, 0.717) is 0 Å². The molecule has 1 atom stereocenters. The molecule has 0 saturated heterocycles. The normalized spacial score (nSPS) is 13.0. The molecule has 0 fully saturated rings. The molecule has 0 spiro atoms. The van der Waals surface area contributed by atoms with Crippen molar-refractivity contribution in [2.75, 3.05) is 6.61 Å². The molecule has 6 nitrogen and oxygen atoms in total. The Labute approximate surface area is 200 Å². The fourth-order valence-corrected chi connectivity index (χ4v) is 4.19. The lowest BCUT2D eigenvalue weighted by Gasteiger charge is -2.19. The zero-order valence-corrected chi connectivity index (χ0v) is 18.3. The maximum Gasteiger partial charge on any atom is 0.407 e. The highest BCUT2D eigenvalue weighted by Gasteiger charge is 2.35. The van der Waals surface area contributed by atoms with E-state index in [9.17, 15) is 36.3 Å². The van der Waals surface area contributed by atoms with E-state index in [1.807, 2.05) is 53.8 Å². The number of amides is 2. The van der Waals surface area contributed by atoms with Crippen molar-refractivity contribution >= 4 is 17.8 Å². The van der Waals surface area contributed by atoms with Crippen molar-refractivity contribution in [3.63, 3.8) is 0 Å². The van der Waals surface area contributed by atoms with Crippen molar-refractivity contribution < 1.29 is 41.1 Å². The quantitative estimate of drug-likeness (QED) is 0.216. The summed E-state index contributed by atoms with van der Waals surface area (Å²) in [6, 6.07) is 12.8. The van der Waals surface area contributed by atoms with Gasteiger partial charge in [-0.05, 0) is 22.3 Å². The molecule has 1 aliphatic rings. The maximum absolute atomic E-state index is 14.1. The largest absolute Gasteiger partial charge is 0.449 e. The fraction of sp³-hybridized carbons (Fsp3) is 0.160. The molecule has 0 saturated carbocycles. The van der Waals surface area contributed by atoms with Crippen LogP contribution in [0.4, 0.5) is 26.7 Å². The van der Waals surface area contributed by atoms with Gasteiger partial charge in [-0.15, -0.1) is 0 Å². The second-order valence-electron chi connectivity index (χ2n) is 8.00. The lowest BCUT2D eigenvalue weighted by atomic mass is 9.98. The van der Waals surface area contributed by atoms with Crippen LogP contribution in [0, 0.1) is 29.1 Å². The van der Waals surface area contributed by atoms with Crippen LogP contribution < -0.4 is 11.1 Å². The Morgan fingerprint density at radius 3 is 1.78 bits per heavy atom. The van der Waals surface area contributed by atoms with Crippen LogP contribution in [0.15, 0.2) is 48.5 Å². The summed E-state index contributed by atoms with van der Waals surface area (Å²) in [5.41, 5.74) is 6.86. The topological polar surface area (TPSA) is 98.5 Å². The Kier molecular flexibility index (Phi) is 6.73. The summed E-state index contributed by atoms with van der Waals surface area (Å²) in [7, 11) is 0. The molecule has 36 heavy (non-hydrogen) atoms. The van der Waals surface area contributed by atoms with Crippen LogP contribution in [0.2, 0.25) is 0 Å². The Morgan fingerprint density at radius 1 is 0.806 bits per heavy atom. The molecular formula is C25H17F5N2O4. The molecule has 3 aromatic carbocycles. The number of ketones is 1. The second kappa shape index (κ2) is 9.76. The van der Waals surface area contributed by atoms with Gasteiger partial charge in [0.1, 0.15) is 12.6 Å². The highest BCUT2D eigenvalue weighted by atomic mass is 19.2. The number of rotatable bonds is 7. The van der Waals surface area contributed by atoms with Gasteiger partial charge >= 0.3 is 6.09 Å². The van der Waals surface area contributed by atoms with Crippen molar-refractivity contribution in [2.45, 2.75) is 18.4 Å². The van der Waals surface area contributed by atoms with Crippen molar-refractivity contribution in [1.82, 2.24) is 5.32 Å². The molecular weight excluding hydrogens is 487 g/mol. The summed E-state index contributed by atoms with van der Waals surface area (Å²) in [5, 5.41) is 1.94. The molecule has 0 unspecified atom stereocenters. The second-order valence-corrected chi connectivity index (χ2v) is 8.00. The third-order valence-corrected chi connectivity index (χ3v) is 5.81. The first-order valence-electron chi connectivity index (χ1n) is 10.6. The zero-order valence-electron chi connectivity index (χ0n) is 18.3. The first kappa shape index (κ1) is 24.8. The molecule has 4 rings (SSSR count). The summed E-state index contributed by atoms with van der Waals surface area (Å²) in [6.45, 7) is -0.208. The molecule has 2 amide bonds. The van der Waals surface area contributed by atoms with Gasteiger partial charge in [-0.2, -0.15) is 0 Å². The highest BCUT2D eigenvalue weighted by Crippen LogP contribution is 2.44. The Morgan fingerprint density at radius 2 is 1.28 bits per heavy atom. The first-order chi connectivity index (χ1) is 17.1. The number of hydrogen-bond donors (Lipinski definition) is 2. The van der Waals surface area contributed by atoms with Gasteiger partial charge in [0.05, 0.1) is 12.0 Å². The minimum Gasteiger partial charge on any atom is -0.449 e. The molecule has 0 heterocycles. The maximum atomic E-state index is 14.1. The Balaban J connectivity index is 1.54. The van der Waals surface area contributed by atoms with Gasteiger partial charge in [-0.3, -0.25) is 9.59 Å². The number of alkyl carbamates (subject to hydrolysis) is 1. The van der Waals surface area contributed by atoms with Crippen LogP contribution in [0.25, 0.3) is 11.1 Å². The lowest BCUT2D eigenvalue weighted by Crippen LogP contribution is -2.44. The third-order valence-electron chi connectivity index (χ3n) is 5.81. The number of nitrogens with two attached hydrogens (primary N) is 1. The van der Waals surface area contributed by atoms with Crippen LogP contribution in [-0.2, 0) is 9.53 Å². The molecule has 0 aliphatic heterocycles. The number of nitrogens with one attached hydrogen (secondary N) is 1.